The fraction of sp³-hybridized carbons (Fsp3) is 0.300. The highest BCUT2D eigenvalue weighted by Crippen LogP contribution is 2.29. The standard InChI is InChI=1S/C10H8F3N3O2/c1-2-18-8(17)6-5-16-7(10(11,12)13)3-4-14-9(16)15-6/h3-5H,2H2,1H3. The van der Waals surface area contributed by atoms with Gasteiger partial charge >= 0.3 is 12.1 Å². The first-order valence-electron chi connectivity index (χ1n) is 5.02. The van der Waals surface area contributed by atoms with E-state index in [-0.39, 0.29) is 18.1 Å². The van der Waals surface area contributed by atoms with E-state index in [1.807, 2.05) is 0 Å². The molecular formula is C10H8F3N3O2. The van der Waals surface area contributed by atoms with Crippen LogP contribution in [0.15, 0.2) is 18.5 Å². The molecule has 2 aromatic rings. The van der Waals surface area contributed by atoms with Crippen molar-refractivity contribution in [2.75, 3.05) is 6.61 Å². The second kappa shape index (κ2) is 4.28. The maximum Gasteiger partial charge on any atom is 0.431 e. The van der Waals surface area contributed by atoms with E-state index >= 15 is 0 Å². The molecule has 96 valence electrons. The Kier molecular flexibility index (Phi) is 2.93. The normalized spacial score (nSPS) is 11.8. The Morgan fingerprint density at radius 1 is 1.50 bits per heavy atom. The minimum absolute atomic E-state index is 0.117. The fourth-order valence-corrected chi connectivity index (χ4v) is 1.43. The molecule has 0 unspecified atom stereocenters. The molecule has 5 nitrogen and oxygen atoms in total. The number of esters is 1. The SMILES string of the molecule is CCOC(=O)c1cn2c(C(F)(F)F)ccnc2n1. The van der Waals surface area contributed by atoms with Crippen LogP contribution in [0.1, 0.15) is 23.1 Å². The van der Waals surface area contributed by atoms with Crippen molar-refractivity contribution < 1.29 is 22.7 Å². The van der Waals surface area contributed by atoms with E-state index in [1.54, 1.807) is 6.92 Å². The Hall–Kier alpha value is -2.12. The summed E-state index contributed by atoms with van der Waals surface area (Å²) in [7, 11) is 0. The topological polar surface area (TPSA) is 56.5 Å². The van der Waals surface area contributed by atoms with Gasteiger partial charge in [-0.05, 0) is 13.0 Å². The number of carbonyl (C=O) groups is 1. The first-order valence-corrected chi connectivity index (χ1v) is 5.02. The number of carbonyl (C=O) groups excluding carboxylic acids is 1. The van der Waals surface area contributed by atoms with Gasteiger partial charge in [0, 0.05) is 12.4 Å². The fourth-order valence-electron chi connectivity index (χ4n) is 1.43. The van der Waals surface area contributed by atoms with Crippen LogP contribution in [-0.2, 0) is 10.9 Å². The Morgan fingerprint density at radius 3 is 2.83 bits per heavy atom. The number of imidazole rings is 1. The third-order valence-electron chi connectivity index (χ3n) is 2.14. The van der Waals surface area contributed by atoms with Crippen molar-refractivity contribution >= 4 is 11.7 Å². The summed E-state index contributed by atoms with van der Waals surface area (Å²) >= 11 is 0. The van der Waals surface area contributed by atoms with Gasteiger partial charge in [0.25, 0.3) is 0 Å². The number of hydrogen-bond acceptors (Lipinski definition) is 4. The van der Waals surface area contributed by atoms with Crippen molar-refractivity contribution in [1.82, 2.24) is 14.4 Å². The van der Waals surface area contributed by atoms with E-state index in [0.717, 1.165) is 18.5 Å². The minimum atomic E-state index is -4.55. The summed E-state index contributed by atoms with van der Waals surface area (Å²) in [6.45, 7) is 1.71. The highest BCUT2D eigenvalue weighted by molar-refractivity contribution is 5.87. The zero-order chi connectivity index (χ0) is 13.3. The van der Waals surface area contributed by atoms with Gasteiger partial charge in [0.1, 0.15) is 5.69 Å². The van der Waals surface area contributed by atoms with Crippen molar-refractivity contribution in [2.24, 2.45) is 0 Å². The summed E-state index contributed by atoms with van der Waals surface area (Å²) in [5.74, 6) is -0.982. The molecular weight excluding hydrogens is 251 g/mol. The minimum Gasteiger partial charge on any atom is -0.461 e. The maximum atomic E-state index is 12.7. The molecule has 0 aliphatic heterocycles. The first kappa shape index (κ1) is 12.3. The van der Waals surface area contributed by atoms with Crippen molar-refractivity contribution in [1.29, 1.82) is 0 Å². The number of aromatic nitrogens is 3. The molecule has 0 fully saturated rings. The van der Waals surface area contributed by atoms with E-state index in [4.69, 9.17) is 0 Å². The smallest absolute Gasteiger partial charge is 0.431 e. The predicted molar refractivity (Wildman–Crippen MR) is 53.9 cm³/mol. The molecule has 0 aliphatic carbocycles. The lowest BCUT2D eigenvalue weighted by Crippen LogP contribution is -2.11. The molecule has 0 N–H and O–H groups in total. The molecule has 2 rings (SSSR count). The lowest BCUT2D eigenvalue weighted by atomic mass is 10.4. The van der Waals surface area contributed by atoms with Crippen molar-refractivity contribution in [3.8, 4) is 0 Å². The van der Waals surface area contributed by atoms with Crippen LogP contribution in [0.4, 0.5) is 13.2 Å². The molecule has 0 bridgehead atoms. The number of ether oxygens (including phenoxy) is 1. The molecule has 0 radical (unpaired) electrons. The van der Waals surface area contributed by atoms with E-state index in [2.05, 4.69) is 14.7 Å². The largest absolute Gasteiger partial charge is 0.461 e. The molecule has 0 saturated carbocycles. The quantitative estimate of drug-likeness (QED) is 0.773. The third kappa shape index (κ3) is 2.13. The Labute approximate surface area is 99.2 Å². The summed E-state index contributed by atoms with van der Waals surface area (Å²) < 4.78 is 43.4. The number of halogens is 3. The van der Waals surface area contributed by atoms with Crippen LogP contribution in [0.25, 0.3) is 5.78 Å². The van der Waals surface area contributed by atoms with Crippen LogP contribution in [0.5, 0.6) is 0 Å². The molecule has 0 saturated heterocycles. The van der Waals surface area contributed by atoms with Crippen LogP contribution < -0.4 is 0 Å². The van der Waals surface area contributed by atoms with Gasteiger partial charge in [-0.3, -0.25) is 4.40 Å². The second-order valence-corrected chi connectivity index (χ2v) is 3.34. The van der Waals surface area contributed by atoms with Crippen LogP contribution in [0, 0.1) is 0 Å². The Bertz CT molecular complexity index is 592. The molecule has 0 aliphatic rings. The summed E-state index contributed by atoms with van der Waals surface area (Å²) in [6.07, 6.45) is -2.60. The van der Waals surface area contributed by atoms with Crippen LogP contribution in [0.3, 0.4) is 0 Å². The molecule has 18 heavy (non-hydrogen) atoms. The Morgan fingerprint density at radius 2 is 2.22 bits per heavy atom. The molecule has 2 heterocycles. The monoisotopic (exact) mass is 259 g/mol. The zero-order valence-electron chi connectivity index (χ0n) is 9.23. The average Bonchev–Trinajstić information content (AvgIpc) is 2.71. The molecule has 0 spiro atoms. The molecule has 0 amide bonds. The average molecular weight is 259 g/mol. The Balaban J connectivity index is 2.55. The molecule has 0 atom stereocenters. The lowest BCUT2D eigenvalue weighted by molar-refractivity contribution is -0.142. The first-order chi connectivity index (χ1) is 8.43. The maximum absolute atomic E-state index is 12.7. The number of alkyl halides is 3. The van der Waals surface area contributed by atoms with Gasteiger partial charge in [-0.25, -0.2) is 14.8 Å². The summed E-state index contributed by atoms with van der Waals surface area (Å²) in [5, 5.41) is 0. The summed E-state index contributed by atoms with van der Waals surface area (Å²) in [4.78, 5) is 18.7. The van der Waals surface area contributed by atoms with Crippen molar-refractivity contribution in [3.63, 3.8) is 0 Å². The van der Waals surface area contributed by atoms with Crippen molar-refractivity contribution in [3.05, 3.63) is 29.8 Å². The van der Waals surface area contributed by atoms with Crippen LogP contribution in [0.2, 0.25) is 0 Å². The number of rotatable bonds is 2. The second-order valence-electron chi connectivity index (χ2n) is 3.34. The summed E-state index contributed by atoms with van der Waals surface area (Å²) in [5.41, 5.74) is -1.16. The van der Waals surface area contributed by atoms with Gasteiger partial charge in [0.2, 0.25) is 5.78 Å². The van der Waals surface area contributed by atoms with Gasteiger partial charge in [-0.2, -0.15) is 13.2 Å². The predicted octanol–water partition coefficient (Wildman–Crippen LogP) is 1.92. The van der Waals surface area contributed by atoms with Crippen molar-refractivity contribution in [2.45, 2.75) is 13.1 Å². The summed E-state index contributed by atoms with van der Waals surface area (Å²) in [6, 6.07) is 0.809. The zero-order valence-corrected chi connectivity index (χ0v) is 9.23. The number of hydrogen-bond donors (Lipinski definition) is 0. The van der Waals surface area contributed by atoms with Gasteiger partial charge in [-0.15, -0.1) is 0 Å². The van der Waals surface area contributed by atoms with E-state index < -0.39 is 17.8 Å². The highest BCUT2D eigenvalue weighted by atomic mass is 19.4. The number of fused-ring (bicyclic) bond motifs is 1. The van der Waals surface area contributed by atoms with Gasteiger partial charge in [-0.1, -0.05) is 0 Å². The van der Waals surface area contributed by atoms with Gasteiger partial charge in [0.15, 0.2) is 5.69 Å². The van der Waals surface area contributed by atoms with Crippen LogP contribution >= 0.6 is 0 Å². The van der Waals surface area contributed by atoms with E-state index in [1.165, 1.54) is 0 Å². The van der Waals surface area contributed by atoms with E-state index in [0.29, 0.717) is 4.40 Å². The molecule has 0 aromatic carbocycles. The lowest BCUT2D eigenvalue weighted by Gasteiger charge is -2.07. The molecule has 2 aromatic heterocycles. The van der Waals surface area contributed by atoms with Gasteiger partial charge < -0.3 is 4.74 Å². The van der Waals surface area contributed by atoms with Gasteiger partial charge in [0.05, 0.1) is 6.61 Å². The van der Waals surface area contributed by atoms with E-state index in [9.17, 15) is 18.0 Å². The molecule has 8 heteroatoms. The third-order valence-corrected chi connectivity index (χ3v) is 2.14. The van der Waals surface area contributed by atoms with Crippen LogP contribution in [-0.4, -0.2) is 26.9 Å². The highest BCUT2D eigenvalue weighted by Gasteiger charge is 2.34. The number of nitrogens with zero attached hydrogens (tertiary/aromatic N) is 3.